The van der Waals surface area contributed by atoms with Crippen molar-refractivity contribution in [1.29, 1.82) is 0 Å². The second kappa shape index (κ2) is 4.75. The number of hydrogen-bond acceptors (Lipinski definition) is 4. The first-order valence-corrected chi connectivity index (χ1v) is 7.29. The van der Waals surface area contributed by atoms with Gasteiger partial charge in [0.15, 0.2) is 5.03 Å². The lowest BCUT2D eigenvalue weighted by atomic mass is 10.1. The van der Waals surface area contributed by atoms with Crippen molar-refractivity contribution in [3.63, 3.8) is 0 Å². The molecule has 0 saturated carbocycles. The summed E-state index contributed by atoms with van der Waals surface area (Å²) in [5.74, 6) is 0. The van der Waals surface area contributed by atoms with Gasteiger partial charge in [0, 0.05) is 19.3 Å². The van der Waals surface area contributed by atoms with E-state index in [9.17, 15) is 8.42 Å². The lowest BCUT2D eigenvalue weighted by Gasteiger charge is -2.31. The molecule has 0 amide bonds. The van der Waals surface area contributed by atoms with Gasteiger partial charge < -0.3 is 10.3 Å². The van der Waals surface area contributed by atoms with Crippen LogP contribution in [-0.2, 0) is 16.6 Å². The zero-order valence-corrected chi connectivity index (χ0v) is 10.7. The van der Waals surface area contributed by atoms with Gasteiger partial charge in [-0.3, -0.25) is 0 Å². The Bertz CT molecular complexity index is 482. The first-order chi connectivity index (χ1) is 8.05. The molecule has 1 aliphatic rings. The molecule has 0 radical (unpaired) electrons. The van der Waals surface area contributed by atoms with Gasteiger partial charge in [0.25, 0.3) is 10.0 Å². The maximum absolute atomic E-state index is 12.3. The highest BCUT2D eigenvalue weighted by molar-refractivity contribution is 7.89. The molecule has 2 rings (SSSR count). The highest BCUT2D eigenvalue weighted by atomic mass is 32.2. The minimum atomic E-state index is -3.52. The van der Waals surface area contributed by atoms with E-state index in [1.165, 1.54) is 10.6 Å². The zero-order chi connectivity index (χ0) is 12.5. The zero-order valence-electron chi connectivity index (χ0n) is 9.91. The van der Waals surface area contributed by atoms with E-state index in [1.807, 2.05) is 6.92 Å². The van der Waals surface area contributed by atoms with Crippen LogP contribution in [0, 0.1) is 0 Å². The number of rotatable bonds is 3. The smallest absolute Gasteiger partial charge is 0.263 e. The summed E-state index contributed by atoms with van der Waals surface area (Å²) in [7, 11) is -3.52. The predicted octanol–water partition coefficient (Wildman–Crippen LogP) is 0.362. The highest BCUT2D eigenvalue weighted by Gasteiger charge is 2.32. The molecule has 1 fully saturated rings. The summed E-state index contributed by atoms with van der Waals surface area (Å²) in [4.78, 5) is 3.95. The lowest BCUT2D eigenvalue weighted by molar-refractivity contribution is 0.257. The average Bonchev–Trinajstić information content (AvgIpc) is 2.78. The third kappa shape index (κ3) is 2.36. The first-order valence-electron chi connectivity index (χ1n) is 5.85. The van der Waals surface area contributed by atoms with Crippen molar-refractivity contribution in [2.24, 2.45) is 5.73 Å². The number of imidazole rings is 1. The molecule has 96 valence electrons. The molecule has 1 aliphatic heterocycles. The molecular weight excluding hydrogens is 240 g/mol. The SMILES string of the molecule is CCn1cnc(S(=O)(=O)N2CCCCC2N)c1. The Morgan fingerprint density at radius 1 is 1.53 bits per heavy atom. The maximum Gasteiger partial charge on any atom is 0.263 e. The first kappa shape index (κ1) is 12.5. The summed E-state index contributed by atoms with van der Waals surface area (Å²) in [6.45, 7) is 3.13. The second-order valence-electron chi connectivity index (χ2n) is 4.22. The molecular formula is C10H18N4O2S. The topological polar surface area (TPSA) is 81.2 Å². The molecule has 0 bridgehead atoms. The van der Waals surface area contributed by atoms with Crippen LogP contribution in [0.1, 0.15) is 26.2 Å². The van der Waals surface area contributed by atoms with Crippen LogP contribution in [0.5, 0.6) is 0 Å². The fourth-order valence-corrected chi connectivity index (χ4v) is 3.52. The number of hydrogen-bond donors (Lipinski definition) is 1. The molecule has 1 aromatic heterocycles. The van der Waals surface area contributed by atoms with E-state index >= 15 is 0 Å². The fraction of sp³-hybridized carbons (Fsp3) is 0.700. The van der Waals surface area contributed by atoms with Gasteiger partial charge in [0.1, 0.15) is 0 Å². The monoisotopic (exact) mass is 258 g/mol. The van der Waals surface area contributed by atoms with Gasteiger partial charge in [-0.2, -0.15) is 4.31 Å². The summed E-state index contributed by atoms with van der Waals surface area (Å²) < 4.78 is 27.7. The molecule has 1 aromatic rings. The third-order valence-electron chi connectivity index (χ3n) is 3.05. The van der Waals surface area contributed by atoms with Gasteiger partial charge >= 0.3 is 0 Å². The lowest BCUT2D eigenvalue weighted by Crippen LogP contribution is -2.48. The van der Waals surface area contributed by atoms with Gasteiger partial charge in [-0.05, 0) is 26.2 Å². The summed E-state index contributed by atoms with van der Waals surface area (Å²) >= 11 is 0. The molecule has 1 saturated heterocycles. The van der Waals surface area contributed by atoms with E-state index < -0.39 is 16.2 Å². The van der Waals surface area contributed by atoms with Crippen LogP contribution in [-0.4, -0.2) is 35.0 Å². The van der Waals surface area contributed by atoms with Crippen molar-refractivity contribution in [2.75, 3.05) is 6.54 Å². The van der Waals surface area contributed by atoms with Gasteiger partial charge in [-0.1, -0.05) is 0 Å². The number of nitrogens with two attached hydrogens (primary N) is 1. The second-order valence-corrected chi connectivity index (χ2v) is 6.06. The Morgan fingerprint density at radius 2 is 2.29 bits per heavy atom. The van der Waals surface area contributed by atoms with Crippen LogP contribution >= 0.6 is 0 Å². The van der Waals surface area contributed by atoms with Crippen LogP contribution < -0.4 is 5.73 Å². The number of sulfonamides is 1. The molecule has 17 heavy (non-hydrogen) atoms. The van der Waals surface area contributed by atoms with Crippen molar-refractivity contribution >= 4 is 10.0 Å². The number of aromatic nitrogens is 2. The van der Waals surface area contributed by atoms with E-state index in [0.717, 1.165) is 12.8 Å². The number of aryl methyl sites for hydroxylation is 1. The van der Waals surface area contributed by atoms with Crippen molar-refractivity contribution < 1.29 is 8.42 Å². The molecule has 0 spiro atoms. The van der Waals surface area contributed by atoms with Crippen molar-refractivity contribution in [1.82, 2.24) is 13.9 Å². The van der Waals surface area contributed by atoms with Gasteiger partial charge in [-0.15, -0.1) is 0 Å². The van der Waals surface area contributed by atoms with E-state index in [0.29, 0.717) is 19.5 Å². The van der Waals surface area contributed by atoms with Crippen LogP contribution in [0.4, 0.5) is 0 Å². The van der Waals surface area contributed by atoms with Crippen LogP contribution in [0.15, 0.2) is 17.6 Å². The molecule has 1 unspecified atom stereocenters. The Morgan fingerprint density at radius 3 is 2.88 bits per heavy atom. The number of piperidine rings is 1. The minimum Gasteiger partial charge on any atom is -0.336 e. The summed E-state index contributed by atoms with van der Waals surface area (Å²) in [5, 5.41) is 0.0942. The minimum absolute atomic E-state index is 0.0942. The van der Waals surface area contributed by atoms with Crippen LogP contribution in [0.25, 0.3) is 0 Å². The summed E-state index contributed by atoms with van der Waals surface area (Å²) in [6, 6.07) is 0. The highest BCUT2D eigenvalue weighted by Crippen LogP contribution is 2.21. The normalized spacial score (nSPS) is 22.8. The molecule has 6 nitrogen and oxygen atoms in total. The Hall–Kier alpha value is -0.920. The van der Waals surface area contributed by atoms with E-state index in [-0.39, 0.29) is 5.03 Å². The molecule has 0 aliphatic carbocycles. The van der Waals surface area contributed by atoms with Crippen molar-refractivity contribution in [3.05, 3.63) is 12.5 Å². The molecule has 0 aromatic carbocycles. The summed E-state index contributed by atoms with van der Waals surface area (Å²) in [6.07, 6.45) is 5.23. The van der Waals surface area contributed by atoms with Crippen molar-refractivity contribution in [3.8, 4) is 0 Å². The van der Waals surface area contributed by atoms with Gasteiger partial charge in [0.05, 0.1) is 12.5 Å². The maximum atomic E-state index is 12.3. The van der Waals surface area contributed by atoms with E-state index in [4.69, 9.17) is 5.73 Å². The Balaban J connectivity index is 2.28. The van der Waals surface area contributed by atoms with Crippen LogP contribution in [0.3, 0.4) is 0 Å². The summed E-state index contributed by atoms with van der Waals surface area (Å²) in [5.41, 5.74) is 5.85. The van der Waals surface area contributed by atoms with E-state index in [2.05, 4.69) is 4.98 Å². The number of nitrogens with zero attached hydrogens (tertiary/aromatic N) is 3. The Kier molecular flexibility index (Phi) is 3.50. The fourth-order valence-electron chi connectivity index (χ4n) is 2.00. The van der Waals surface area contributed by atoms with Gasteiger partial charge in [-0.25, -0.2) is 13.4 Å². The quantitative estimate of drug-likeness (QED) is 0.849. The molecule has 2 N–H and O–H groups in total. The van der Waals surface area contributed by atoms with E-state index in [1.54, 1.807) is 10.8 Å². The average molecular weight is 258 g/mol. The largest absolute Gasteiger partial charge is 0.336 e. The molecule has 1 atom stereocenters. The molecule has 7 heteroatoms. The van der Waals surface area contributed by atoms with Crippen LogP contribution in [0.2, 0.25) is 0 Å². The Labute approximate surface area is 101 Å². The van der Waals surface area contributed by atoms with Crippen molar-refractivity contribution in [2.45, 2.75) is 43.9 Å². The third-order valence-corrected chi connectivity index (χ3v) is 4.86. The predicted molar refractivity (Wildman–Crippen MR) is 63.6 cm³/mol. The molecule has 2 heterocycles. The standard InChI is InChI=1S/C10H18N4O2S/c1-2-13-7-10(12-8-13)17(15,16)14-6-4-3-5-9(14)11/h7-9H,2-6,11H2,1H3. The van der Waals surface area contributed by atoms with Gasteiger partial charge in [0.2, 0.25) is 0 Å².